The average molecular weight is 390 g/mol. The number of rotatable bonds is 4. The van der Waals surface area contributed by atoms with Crippen molar-refractivity contribution in [3.8, 4) is 0 Å². The third kappa shape index (κ3) is 4.46. The maximum absolute atomic E-state index is 12.6. The van der Waals surface area contributed by atoms with Crippen LogP contribution in [0.25, 0.3) is 0 Å². The molecule has 0 aliphatic carbocycles. The van der Waals surface area contributed by atoms with Crippen LogP contribution in [0, 0.1) is 34.6 Å². The van der Waals surface area contributed by atoms with Gasteiger partial charge in [-0.2, -0.15) is 0 Å². The van der Waals surface area contributed by atoms with Crippen LogP contribution in [0.3, 0.4) is 0 Å². The summed E-state index contributed by atoms with van der Waals surface area (Å²) in [5, 5.41) is 0. The minimum Gasteiger partial charge on any atom is -0.452 e. The van der Waals surface area contributed by atoms with E-state index in [9.17, 15) is 14.4 Å². The Morgan fingerprint density at radius 3 is 1.71 bits per heavy atom. The van der Waals surface area contributed by atoms with Crippen molar-refractivity contribution in [2.24, 2.45) is 0 Å². The van der Waals surface area contributed by atoms with E-state index in [0.29, 0.717) is 38.3 Å². The average Bonchev–Trinajstić information content (AvgIpc) is 2.69. The zero-order chi connectivity index (χ0) is 21.0. The summed E-state index contributed by atoms with van der Waals surface area (Å²) in [4.78, 5) is 39.9. The van der Waals surface area contributed by atoms with Gasteiger partial charge in [-0.05, 0) is 69.4 Å². The molecule has 0 aromatic heterocycles. The number of carbonyl (C=O) groups excluding carboxylic acids is 3. The predicted molar refractivity (Wildman–Crippen MR) is 106 cm³/mol. The zero-order valence-electron chi connectivity index (χ0n) is 17.7. The first-order valence-electron chi connectivity index (χ1n) is 9.62. The molecule has 7 nitrogen and oxygen atoms in total. The van der Waals surface area contributed by atoms with Crippen LogP contribution in [-0.2, 0) is 14.3 Å². The van der Waals surface area contributed by atoms with Crippen LogP contribution in [0.2, 0.25) is 0 Å². The van der Waals surface area contributed by atoms with E-state index in [-0.39, 0.29) is 18.6 Å². The summed E-state index contributed by atoms with van der Waals surface area (Å²) < 4.78 is 10.3. The van der Waals surface area contributed by atoms with Gasteiger partial charge in [-0.1, -0.05) is 0 Å². The number of piperazine rings is 1. The van der Waals surface area contributed by atoms with Crippen LogP contribution in [0.5, 0.6) is 0 Å². The minimum atomic E-state index is -0.472. The van der Waals surface area contributed by atoms with Crippen molar-refractivity contribution < 1.29 is 23.9 Å². The summed E-state index contributed by atoms with van der Waals surface area (Å²) in [6, 6.07) is 0. The number of hydrogen-bond donors (Lipinski definition) is 0. The summed E-state index contributed by atoms with van der Waals surface area (Å²) >= 11 is 0. The predicted octanol–water partition coefficient (Wildman–Crippen LogP) is 2.69. The first-order chi connectivity index (χ1) is 13.2. The Balaban J connectivity index is 1.96. The fraction of sp³-hybridized carbons (Fsp3) is 0.571. The van der Waals surface area contributed by atoms with Crippen molar-refractivity contribution in [2.45, 2.75) is 41.5 Å². The topological polar surface area (TPSA) is 76.2 Å². The van der Waals surface area contributed by atoms with Crippen molar-refractivity contribution in [1.29, 1.82) is 0 Å². The molecule has 1 aliphatic rings. The molecule has 2 rings (SSSR count). The van der Waals surface area contributed by atoms with Crippen LogP contribution in [-0.4, -0.2) is 67.2 Å². The summed E-state index contributed by atoms with van der Waals surface area (Å²) in [6.45, 7) is 13.2. The molecule has 7 heteroatoms. The molecule has 0 radical (unpaired) electrons. The number of nitrogens with zero attached hydrogens (tertiary/aromatic N) is 2. The van der Waals surface area contributed by atoms with E-state index in [1.165, 1.54) is 5.56 Å². The highest BCUT2D eigenvalue weighted by Crippen LogP contribution is 2.26. The lowest BCUT2D eigenvalue weighted by Crippen LogP contribution is -2.51. The molecule has 0 saturated carbocycles. The fourth-order valence-electron chi connectivity index (χ4n) is 3.45. The Kier molecular flexibility index (Phi) is 7.05. The van der Waals surface area contributed by atoms with E-state index in [4.69, 9.17) is 9.47 Å². The molecule has 1 saturated heterocycles. The molecule has 2 amide bonds. The molecule has 1 aromatic rings. The van der Waals surface area contributed by atoms with Gasteiger partial charge in [0, 0.05) is 26.2 Å². The van der Waals surface area contributed by atoms with E-state index >= 15 is 0 Å². The van der Waals surface area contributed by atoms with E-state index in [1.54, 1.807) is 16.7 Å². The summed E-state index contributed by atoms with van der Waals surface area (Å²) in [7, 11) is 0. The lowest BCUT2D eigenvalue weighted by Gasteiger charge is -2.33. The standard InChI is InChI=1S/C21H30N2O5/c1-7-27-21(26)23-10-8-22(9-11-23)18(24)12-28-20(25)19-16(5)14(3)13(2)15(4)17(19)6/h7-12H2,1-6H3. The summed E-state index contributed by atoms with van der Waals surface area (Å²) in [6.07, 6.45) is -0.364. The number of hydrogen-bond acceptors (Lipinski definition) is 5. The first kappa shape index (κ1) is 21.7. The molecule has 0 unspecified atom stereocenters. The number of benzene rings is 1. The molecule has 1 heterocycles. The minimum absolute atomic E-state index is 0.257. The zero-order valence-corrected chi connectivity index (χ0v) is 17.7. The van der Waals surface area contributed by atoms with Crippen molar-refractivity contribution in [3.05, 3.63) is 33.4 Å². The van der Waals surface area contributed by atoms with Crippen molar-refractivity contribution in [1.82, 2.24) is 9.80 Å². The molecule has 1 aliphatic heterocycles. The molecular weight excluding hydrogens is 360 g/mol. The first-order valence-corrected chi connectivity index (χ1v) is 9.62. The molecule has 1 aromatic carbocycles. The number of carbonyl (C=O) groups is 3. The number of esters is 1. The highest BCUT2D eigenvalue weighted by Gasteiger charge is 2.26. The van der Waals surface area contributed by atoms with E-state index in [1.807, 2.05) is 34.6 Å². The van der Waals surface area contributed by atoms with Crippen LogP contribution < -0.4 is 0 Å². The Labute approximate surface area is 166 Å². The molecular formula is C21H30N2O5. The molecule has 0 N–H and O–H groups in total. The van der Waals surface area contributed by atoms with Gasteiger partial charge in [-0.3, -0.25) is 4.79 Å². The molecule has 154 valence electrons. The highest BCUT2D eigenvalue weighted by molar-refractivity contribution is 5.95. The van der Waals surface area contributed by atoms with E-state index in [0.717, 1.165) is 22.3 Å². The van der Waals surface area contributed by atoms with Gasteiger partial charge in [-0.15, -0.1) is 0 Å². The molecule has 0 bridgehead atoms. The van der Waals surface area contributed by atoms with Gasteiger partial charge in [0.2, 0.25) is 0 Å². The fourth-order valence-corrected chi connectivity index (χ4v) is 3.45. The second kappa shape index (κ2) is 9.08. The van der Waals surface area contributed by atoms with E-state index < -0.39 is 5.97 Å². The molecule has 0 atom stereocenters. The van der Waals surface area contributed by atoms with Crippen LogP contribution >= 0.6 is 0 Å². The maximum atomic E-state index is 12.6. The SMILES string of the molecule is CCOC(=O)N1CCN(C(=O)COC(=O)c2c(C)c(C)c(C)c(C)c2C)CC1. The van der Waals surface area contributed by atoms with Crippen molar-refractivity contribution in [2.75, 3.05) is 39.4 Å². The van der Waals surface area contributed by atoms with Gasteiger partial charge < -0.3 is 19.3 Å². The summed E-state index contributed by atoms with van der Waals surface area (Å²) in [5.74, 6) is -0.729. The lowest BCUT2D eigenvalue weighted by atomic mass is 9.90. The molecule has 0 spiro atoms. The third-order valence-electron chi connectivity index (χ3n) is 5.69. The van der Waals surface area contributed by atoms with E-state index in [2.05, 4.69) is 0 Å². The van der Waals surface area contributed by atoms with Gasteiger partial charge >= 0.3 is 12.1 Å². The Bertz CT molecular complexity index is 750. The molecule has 1 fully saturated rings. The lowest BCUT2D eigenvalue weighted by molar-refractivity contribution is -0.136. The second-order valence-electron chi connectivity index (χ2n) is 7.14. The maximum Gasteiger partial charge on any atom is 0.409 e. The van der Waals surface area contributed by atoms with Gasteiger partial charge in [0.1, 0.15) is 0 Å². The number of ether oxygens (including phenoxy) is 2. The monoisotopic (exact) mass is 390 g/mol. The third-order valence-corrected chi connectivity index (χ3v) is 5.69. The smallest absolute Gasteiger partial charge is 0.409 e. The van der Waals surface area contributed by atoms with Crippen molar-refractivity contribution in [3.63, 3.8) is 0 Å². The largest absolute Gasteiger partial charge is 0.452 e. The Morgan fingerprint density at radius 2 is 1.21 bits per heavy atom. The Hall–Kier alpha value is -2.57. The molecule has 28 heavy (non-hydrogen) atoms. The van der Waals surface area contributed by atoms with Crippen LogP contribution in [0.15, 0.2) is 0 Å². The van der Waals surface area contributed by atoms with Crippen LogP contribution in [0.1, 0.15) is 45.1 Å². The highest BCUT2D eigenvalue weighted by atomic mass is 16.6. The van der Waals surface area contributed by atoms with Gasteiger partial charge in [0.25, 0.3) is 5.91 Å². The quantitative estimate of drug-likeness (QED) is 0.739. The van der Waals surface area contributed by atoms with Gasteiger partial charge in [0.05, 0.1) is 12.2 Å². The van der Waals surface area contributed by atoms with Crippen LogP contribution in [0.4, 0.5) is 4.79 Å². The van der Waals surface area contributed by atoms with Crippen molar-refractivity contribution >= 4 is 18.0 Å². The summed E-state index contributed by atoms with van der Waals surface area (Å²) in [5.41, 5.74) is 5.62. The second-order valence-corrected chi connectivity index (χ2v) is 7.14. The van der Waals surface area contributed by atoms with Gasteiger partial charge in [0.15, 0.2) is 6.61 Å². The Morgan fingerprint density at radius 1 is 0.750 bits per heavy atom. The number of amides is 2. The van der Waals surface area contributed by atoms with Gasteiger partial charge in [-0.25, -0.2) is 9.59 Å². The normalized spacial score (nSPS) is 14.1.